The first-order valence-electron chi connectivity index (χ1n) is 19.3. The minimum atomic E-state index is -5.08. The van der Waals surface area contributed by atoms with E-state index in [1.54, 1.807) is 18.2 Å². The van der Waals surface area contributed by atoms with Gasteiger partial charge in [0.1, 0.15) is 6.04 Å². The van der Waals surface area contributed by atoms with Crippen molar-refractivity contribution >= 4 is 46.4 Å². The molecule has 0 aliphatic heterocycles. The van der Waals surface area contributed by atoms with Gasteiger partial charge in [-0.05, 0) is 104 Å². The summed E-state index contributed by atoms with van der Waals surface area (Å²) in [7, 11) is 0. The lowest BCUT2D eigenvalue weighted by Gasteiger charge is -2.29. The number of alkyl halides is 3. The summed E-state index contributed by atoms with van der Waals surface area (Å²) in [5.74, 6) is -3.57. The number of benzene rings is 3. The van der Waals surface area contributed by atoms with E-state index < -0.39 is 30.2 Å². The van der Waals surface area contributed by atoms with Gasteiger partial charge in [-0.3, -0.25) is 29.4 Å². The summed E-state index contributed by atoms with van der Waals surface area (Å²) >= 11 is 0. The molecule has 1 aliphatic rings. The van der Waals surface area contributed by atoms with Crippen molar-refractivity contribution in [3.05, 3.63) is 87.7 Å². The molecule has 4 amide bonds. The quantitative estimate of drug-likeness (QED) is 0.0780. The number of carbonyl (C=O) groups is 5. The standard InChI is InChI=1S/C39H49N7O6.C2HF3O2/c1-4-46(5-2)19-18-40-35(47)29-14-16-31(24(3)20-29)27-10-6-25(7-11-27)21-34(38(50)42-30-15-17-32-33(22-30)44-45-37(32)49)43-36(48)28-12-8-26(9-13-28)23-41-39(51)52;3-2(4,5)1(6)7/h6-7,10-11,14-17,20,22,26,28,34,41H,4-5,8-9,12-13,18-19,21,23H2,1-3H3,(H,40,47)(H,42,50)(H,43,48)(H,51,52)(H2,44,45,49);(H,6,7)/t26?,28?,34-;/m0./s1. The van der Waals surface area contributed by atoms with Gasteiger partial charge in [0.2, 0.25) is 11.8 Å². The number of nitrogens with zero attached hydrogens (tertiary/aromatic N) is 1. The Kier molecular flexibility index (Phi) is 16.2. The van der Waals surface area contributed by atoms with E-state index in [9.17, 15) is 37.1 Å². The molecule has 4 aromatic rings. The van der Waals surface area contributed by atoms with Gasteiger partial charge in [-0.15, -0.1) is 0 Å². The summed E-state index contributed by atoms with van der Waals surface area (Å²) in [6, 6.07) is 17.5. The van der Waals surface area contributed by atoms with Gasteiger partial charge in [0.25, 0.3) is 11.5 Å². The van der Waals surface area contributed by atoms with E-state index in [0.717, 1.165) is 41.9 Å². The molecule has 1 atom stereocenters. The fourth-order valence-electron chi connectivity index (χ4n) is 6.86. The number of likely N-dealkylation sites (N-methyl/N-ethyl adjacent to an activating group) is 1. The lowest BCUT2D eigenvalue weighted by atomic mass is 9.81. The number of aromatic nitrogens is 2. The summed E-state index contributed by atoms with van der Waals surface area (Å²) in [4.78, 5) is 74.0. The number of aromatic amines is 2. The van der Waals surface area contributed by atoms with Crippen molar-refractivity contribution < 1.29 is 47.4 Å². The highest BCUT2D eigenvalue weighted by Gasteiger charge is 2.38. The van der Waals surface area contributed by atoms with E-state index in [4.69, 9.17) is 15.0 Å². The molecular formula is C41H50F3N7O8. The maximum absolute atomic E-state index is 13.7. The fourth-order valence-corrected chi connectivity index (χ4v) is 6.86. The van der Waals surface area contributed by atoms with Crippen LogP contribution >= 0.6 is 0 Å². The fraction of sp³-hybridized carbons (Fsp3) is 0.415. The smallest absolute Gasteiger partial charge is 0.475 e. The average Bonchev–Trinajstić information content (AvgIpc) is 3.57. The number of hydrogen-bond donors (Lipinski definition) is 8. The van der Waals surface area contributed by atoms with Gasteiger partial charge in [-0.2, -0.15) is 13.2 Å². The van der Waals surface area contributed by atoms with E-state index in [1.165, 1.54) is 0 Å². The maximum atomic E-state index is 13.7. The number of carboxylic acids is 1. The molecule has 0 radical (unpaired) electrons. The van der Waals surface area contributed by atoms with Gasteiger partial charge in [-0.25, -0.2) is 9.59 Å². The topological polar surface area (TPSA) is 226 Å². The van der Waals surface area contributed by atoms with Crippen molar-refractivity contribution in [1.82, 2.24) is 31.0 Å². The molecule has 15 nitrogen and oxygen atoms in total. The first-order chi connectivity index (χ1) is 28.0. The summed E-state index contributed by atoms with van der Waals surface area (Å²) < 4.78 is 31.7. The van der Waals surface area contributed by atoms with Crippen LogP contribution in [0.15, 0.2) is 65.5 Å². The van der Waals surface area contributed by atoms with Crippen molar-refractivity contribution in [2.24, 2.45) is 11.8 Å². The number of hydrogen-bond acceptors (Lipinski definition) is 7. The van der Waals surface area contributed by atoms with E-state index >= 15 is 0 Å². The van der Waals surface area contributed by atoms with Crippen molar-refractivity contribution in [2.75, 3.05) is 38.0 Å². The van der Waals surface area contributed by atoms with Crippen LogP contribution in [0.1, 0.15) is 61.0 Å². The molecule has 18 heteroatoms. The molecule has 8 N–H and O–H groups in total. The molecule has 1 fully saturated rings. The Balaban J connectivity index is 0.00000101. The Morgan fingerprint density at radius 2 is 1.54 bits per heavy atom. The minimum Gasteiger partial charge on any atom is -0.475 e. The zero-order valence-corrected chi connectivity index (χ0v) is 33.0. The van der Waals surface area contributed by atoms with Crippen LogP contribution in [0, 0.1) is 18.8 Å². The van der Waals surface area contributed by atoms with Crippen molar-refractivity contribution in [3.63, 3.8) is 0 Å². The highest BCUT2D eigenvalue weighted by molar-refractivity contribution is 5.99. The molecule has 318 valence electrons. The molecular weight excluding hydrogens is 775 g/mol. The second kappa shape index (κ2) is 21.0. The molecule has 0 spiro atoms. The monoisotopic (exact) mass is 825 g/mol. The molecule has 3 aromatic carbocycles. The second-order valence-corrected chi connectivity index (χ2v) is 14.3. The lowest BCUT2D eigenvalue weighted by Crippen LogP contribution is -2.48. The SMILES string of the molecule is CCN(CC)CCNC(=O)c1ccc(-c2ccc(C[C@H](NC(=O)C3CCC(CNC(=O)O)CC3)C(=O)Nc3ccc4c(=O)[nH][nH]c4c3)cc2)c(C)c1.O=C(O)C(F)(F)F. The third-order valence-electron chi connectivity index (χ3n) is 10.3. The van der Waals surface area contributed by atoms with Crippen LogP contribution in [-0.2, 0) is 20.8 Å². The Bertz CT molecular complexity index is 2140. The van der Waals surface area contributed by atoms with E-state index in [1.807, 2.05) is 49.4 Å². The third kappa shape index (κ3) is 13.4. The normalized spacial score (nSPS) is 15.7. The lowest BCUT2D eigenvalue weighted by molar-refractivity contribution is -0.192. The minimum absolute atomic E-state index is 0.104. The number of aliphatic carboxylic acids is 1. The molecule has 0 saturated heterocycles. The van der Waals surface area contributed by atoms with E-state index in [0.29, 0.717) is 60.9 Å². The first kappa shape index (κ1) is 45.5. The number of H-pyrrole nitrogens is 2. The molecule has 1 aromatic heterocycles. The highest BCUT2D eigenvalue weighted by atomic mass is 19.4. The molecule has 0 bridgehead atoms. The number of aryl methyl sites for hydroxylation is 1. The molecule has 1 aliphatic carbocycles. The van der Waals surface area contributed by atoms with Gasteiger partial charge in [0, 0.05) is 43.2 Å². The van der Waals surface area contributed by atoms with Crippen LogP contribution in [0.3, 0.4) is 0 Å². The number of fused-ring (bicyclic) bond motifs is 1. The third-order valence-corrected chi connectivity index (χ3v) is 10.3. The molecule has 1 saturated carbocycles. The summed E-state index contributed by atoms with van der Waals surface area (Å²) in [6.07, 6.45) is -3.26. The number of nitrogens with one attached hydrogen (secondary N) is 6. The Morgan fingerprint density at radius 1 is 0.881 bits per heavy atom. The van der Waals surface area contributed by atoms with E-state index in [-0.39, 0.29) is 35.6 Å². The van der Waals surface area contributed by atoms with Crippen molar-refractivity contribution in [2.45, 2.75) is 65.1 Å². The van der Waals surface area contributed by atoms with Gasteiger partial charge in [0.15, 0.2) is 0 Å². The van der Waals surface area contributed by atoms with Crippen LogP contribution in [0.2, 0.25) is 0 Å². The zero-order valence-electron chi connectivity index (χ0n) is 33.0. The average molecular weight is 826 g/mol. The van der Waals surface area contributed by atoms with E-state index in [2.05, 4.69) is 50.2 Å². The Hall–Kier alpha value is -6.17. The van der Waals surface area contributed by atoms with Crippen LogP contribution < -0.4 is 26.8 Å². The summed E-state index contributed by atoms with van der Waals surface area (Å²) in [6.45, 7) is 9.80. The predicted molar refractivity (Wildman–Crippen MR) is 215 cm³/mol. The highest BCUT2D eigenvalue weighted by Crippen LogP contribution is 2.29. The van der Waals surface area contributed by atoms with Crippen LogP contribution in [-0.4, -0.2) is 100 Å². The zero-order chi connectivity index (χ0) is 43.3. The number of anilines is 1. The summed E-state index contributed by atoms with van der Waals surface area (Å²) in [5.41, 5.74) is 5.13. The Labute approximate surface area is 338 Å². The van der Waals surface area contributed by atoms with Gasteiger partial charge < -0.3 is 36.4 Å². The molecule has 5 rings (SSSR count). The van der Waals surface area contributed by atoms with Gasteiger partial charge in [-0.1, -0.05) is 44.2 Å². The van der Waals surface area contributed by atoms with Crippen LogP contribution in [0.5, 0.6) is 0 Å². The van der Waals surface area contributed by atoms with Gasteiger partial charge >= 0.3 is 18.2 Å². The Morgan fingerprint density at radius 3 is 2.14 bits per heavy atom. The number of carbonyl (C=O) groups excluding carboxylic acids is 3. The first-order valence-corrected chi connectivity index (χ1v) is 19.3. The number of halogens is 3. The number of carboxylic acid groups (broad SMARTS) is 2. The van der Waals surface area contributed by atoms with Gasteiger partial charge in [0.05, 0.1) is 10.9 Å². The van der Waals surface area contributed by atoms with Crippen molar-refractivity contribution in [1.29, 1.82) is 0 Å². The second-order valence-electron chi connectivity index (χ2n) is 14.3. The molecule has 0 unspecified atom stereocenters. The largest absolute Gasteiger partial charge is 0.490 e. The predicted octanol–water partition coefficient (Wildman–Crippen LogP) is 5.28. The van der Waals surface area contributed by atoms with Crippen LogP contribution in [0.4, 0.5) is 23.7 Å². The van der Waals surface area contributed by atoms with Crippen LogP contribution in [0.25, 0.3) is 22.0 Å². The number of amides is 4. The summed E-state index contributed by atoms with van der Waals surface area (Å²) in [5, 5.41) is 33.2. The number of rotatable bonds is 15. The van der Waals surface area contributed by atoms with Crippen molar-refractivity contribution in [3.8, 4) is 11.1 Å². The maximum Gasteiger partial charge on any atom is 0.490 e. The molecule has 1 heterocycles. The molecule has 59 heavy (non-hydrogen) atoms.